The summed E-state index contributed by atoms with van der Waals surface area (Å²) in [6.07, 6.45) is 6.92. The Labute approximate surface area is 154 Å². The second kappa shape index (κ2) is 6.82. The van der Waals surface area contributed by atoms with E-state index in [-0.39, 0.29) is 23.6 Å². The van der Waals surface area contributed by atoms with Gasteiger partial charge in [0.25, 0.3) is 0 Å². The first-order valence-corrected chi connectivity index (χ1v) is 8.34. The molecule has 0 saturated heterocycles. The average molecular weight is 366 g/mol. The molecule has 27 heavy (non-hydrogen) atoms. The third-order valence-electron chi connectivity index (χ3n) is 4.48. The average Bonchev–Trinajstić information content (AvgIpc) is 3.03. The smallest absolute Gasteiger partial charge is 0.333 e. The van der Waals surface area contributed by atoms with E-state index in [0.717, 1.165) is 5.57 Å². The van der Waals surface area contributed by atoms with E-state index < -0.39 is 0 Å². The number of ether oxygens (including phenoxy) is 2. The number of H-pyrrole nitrogens is 1. The number of benzene rings is 1. The SMILES string of the molecule is COC1C=CC(c2cnc3[nH]c(=O)n(-c4ccc(O)cc4)c3n2)=CC1OC. The molecule has 4 rings (SSSR count). The molecule has 2 aromatic heterocycles. The first-order valence-electron chi connectivity index (χ1n) is 8.34. The number of hydrogen-bond acceptors (Lipinski definition) is 6. The highest BCUT2D eigenvalue weighted by Crippen LogP contribution is 2.24. The van der Waals surface area contributed by atoms with Crippen molar-refractivity contribution in [3.8, 4) is 11.4 Å². The number of rotatable bonds is 4. The van der Waals surface area contributed by atoms with Crippen molar-refractivity contribution in [2.45, 2.75) is 12.2 Å². The van der Waals surface area contributed by atoms with Crippen LogP contribution in [0.1, 0.15) is 5.69 Å². The van der Waals surface area contributed by atoms with E-state index in [4.69, 9.17) is 9.47 Å². The van der Waals surface area contributed by atoms with E-state index in [0.29, 0.717) is 22.7 Å². The number of aromatic hydroxyl groups is 1. The van der Waals surface area contributed by atoms with Crippen molar-refractivity contribution in [3.05, 3.63) is 64.9 Å². The molecule has 2 N–H and O–H groups in total. The summed E-state index contributed by atoms with van der Waals surface area (Å²) in [5.74, 6) is 0.120. The molecule has 2 heterocycles. The van der Waals surface area contributed by atoms with Gasteiger partial charge in [-0.1, -0.05) is 12.2 Å². The number of phenolic OH excluding ortho intramolecular Hbond substituents is 1. The van der Waals surface area contributed by atoms with Gasteiger partial charge >= 0.3 is 5.69 Å². The Balaban J connectivity index is 1.82. The summed E-state index contributed by atoms with van der Waals surface area (Å²) in [6, 6.07) is 6.31. The van der Waals surface area contributed by atoms with Gasteiger partial charge in [-0.25, -0.2) is 19.3 Å². The molecule has 1 aromatic carbocycles. The molecule has 138 valence electrons. The maximum atomic E-state index is 12.4. The molecule has 0 spiro atoms. The maximum Gasteiger partial charge on any atom is 0.333 e. The fraction of sp³-hybridized carbons (Fsp3) is 0.211. The molecule has 0 radical (unpaired) electrons. The highest BCUT2D eigenvalue weighted by Gasteiger charge is 2.22. The Kier molecular flexibility index (Phi) is 4.35. The number of aromatic nitrogens is 4. The van der Waals surface area contributed by atoms with Crippen molar-refractivity contribution >= 4 is 16.9 Å². The summed E-state index contributed by atoms with van der Waals surface area (Å²) in [7, 11) is 3.25. The number of hydrogen-bond donors (Lipinski definition) is 2. The van der Waals surface area contributed by atoms with Gasteiger partial charge in [0.05, 0.1) is 17.6 Å². The van der Waals surface area contributed by atoms with Crippen LogP contribution in [0.25, 0.3) is 22.6 Å². The fourth-order valence-electron chi connectivity index (χ4n) is 3.08. The van der Waals surface area contributed by atoms with Crippen LogP contribution in [0.2, 0.25) is 0 Å². The summed E-state index contributed by atoms with van der Waals surface area (Å²) in [5.41, 5.74) is 2.46. The fourth-order valence-corrected chi connectivity index (χ4v) is 3.08. The summed E-state index contributed by atoms with van der Waals surface area (Å²) in [6.45, 7) is 0. The van der Waals surface area contributed by atoms with Gasteiger partial charge in [0.15, 0.2) is 11.3 Å². The second-order valence-corrected chi connectivity index (χ2v) is 6.09. The van der Waals surface area contributed by atoms with Crippen molar-refractivity contribution in [2.24, 2.45) is 0 Å². The summed E-state index contributed by atoms with van der Waals surface area (Å²) < 4.78 is 12.3. The van der Waals surface area contributed by atoms with E-state index >= 15 is 0 Å². The molecule has 0 amide bonds. The van der Waals surface area contributed by atoms with Crippen LogP contribution in [-0.4, -0.2) is 51.1 Å². The van der Waals surface area contributed by atoms with Crippen molar-refractivity contribution in [2.75, 3.05) is 14.2 Å². The molecule has 0 saturated carbocycles. The minimum Gasteiger partial charge on any atom is -0.508 e. The van der Waals surface area contributed by atoms with Crippen LogP contribution in [0.4, 0.5) is 0 Å². The summed E-state index contributed by atoms with van der Waals surface area (Å²) in [5, 5.41) is 9.48. The van der Waals surface area contributed by atoms with Gasteiger partial charge in [-0.2, -0.15) is 0 Å². The lowest BCUT2D eigenvalue weighted by Gasteiger charge is -2.23. The number of nitrogens with one attached hydrogen (secondary N) is 1. The maximum absolute atomic E-state index is 12.4. The van der Waals surface area contributed by atoms with Gasteiger partial charge in [0.1, 0.15) is 18.0 Å². The number of nitrogens with zero attached hydrogens (tertiary/aromatic N) is 3. The third kappa shape index (κ3) is 3.05. The summed E-state index contributed by atoms with van der Waals surface area (Å²) in [4.78, 5) is 24.1. The van der Waals surface area contributed by atoms with Gasteiger partial charge in [-0.3, -0.25) is 4.98 Å². The van der Waals surface area contributed by atoms with E-state index in [1.165, 1.54) is 16.7 Å². The molecule has 3 aromatic rings. The number of fused-ring (bicyclic) bond motifs is 1. The second-order valence-electron chi connectivity index (χ2n) is 6.09. The van der Waals surface area contributed by atoms with Gasteiger partial charge in [0, 0.05) is 19.8 Å². The third-order valence-corrected chi connectivity index (χ3v) is 4.48. The monoisotopic (exact) mass is 366 g/mol. The van der Waals surface area contributed by atoms with Crippen LogP contribution >= 0.6 is 0 Å². The Hall–Kier alpha value is -3.23. The molecule has 1 aliphatic rings. The van der Waals surface area contributed by atoms with Crippen molar-refractivity contribution < 1.29 is 14.6 Å². The minimum absolute atomic E-state index is 0.120. The molecular weight excluding hydrogens is 348 g/mol. The molecule has 1 aliphatic carbocycles. The van der Waals surface area contributed by atoms with E-state index in [2.05, 4.69) is 15.0 Å². The van der Waals surface area contributed by atoms with Crippen LogP contribution in [0.15, 0.2) is 53.5 Å². The Morgan fingerprint density at radius 2 is 1.89 bits per heavy atom. The first kappa shape index (κ1) is 17.2. The Morgan fingerprint density at radius 3 is 2.59 bits per heavy atom. The molecule has 0 aliphatic heterocycles. The highest BCUT2D eigenvalue weighted by molar-refractivity contribution is 5.77. The molecule has 2 unspecified atom stereocenters. The number of aromatic amines is 1. The molecular formula is C19H18N4O4. The number of allylic oxidation sites excluding steroid dienone is 2. The van der Waals surface area contributed by atoms with Gasteiger partial charge in [-0.05, 0) is 30.3 Å². The quantitative estimate of drug-likeness (QED) is 0.730. The zero-order chi connectivity index (χ0) is 19.0. The topological polar surface area (TPSA) is 102 Å². The Bertz CT molecular complexity index is 1100. The van der Waals surface area contributed by atoms with Crippen LogP contribution < -0.4 is 5.69 Å². The zero-order valence-electron chi connectivity index (χ0n) is 14.8. The van der Waals surface area contributed by atoms with Crippen LogP contribution in [-0.2, 0) is 9.47 Å². The standard InChI is InChI=1S/C19H18N4O4/c1-26-15-8-3-11(9-16(15)27-2)14-10-20-17-18(21-14)23(19(25)22-17)12-4-6-13(24)7-5-12/h3-10,15-16,24H,1-2H3,(H,20,22,25). The largest absolute Gasteiger partial charge is 0.508 e. The van der Waals surface area contributed by atoms with Crippen molar-refractivity contribution in [1.29, 1.82) is 0 Å². The van der Waals surface area contributed by atoms with Gasteiger partial charge in [0.2, 0.25) is 0 Å². The predicted octanol–water partition coefficient (Wildman–Crippen LogP) is 1.80. The predicted molar refractivity (Wildman–Crippen MR) is 99.9 cm³/mol. The van der Waals surface area contributed by atoms with Crippen molar-refractivity contribution in [1.82, 2.24) is 19.5 Å². The normalized spacial score (nSPS) is 19.4. The van der Waals surface area contributed by atoms with Crippen molar-refractivity contribution in [3.63, 3.8) is 0 Å². The molecule has 0 fully saturated rings. The molecule has 0 bridgehead atoms. The van der Waals surface area contributed by atoms with E-state index in [1.54, 1.807) is 32.5 Å². The first-order chi connectivity index (χ1) is 13.1. The van der Waals surface area contributed by atoms with E-state index in [9.17, 15) is 9.90 Å². The van der Waals surface area contributed by atoms with Crippen LogP contribution in [0.3, 0.4) is 0 Å². The molecule has 8 heteroatoms. The molecule has 2 atom stereocenters. The minimum atomic E-state index is -0.352. The highest BCUT2D eigenvalue weighted by atomic mass is 16.5. The number of methoxy groups -OCH3 is 2. The summed E-state index contributed by atoms with van der Waals surface area (Å²) >= 11 is 0. The lowest BCUT2D eigenvalue weighted by Crippen LogP contribution is -2.28. The zero-order valence-corrected chi connectivity index (χ0v) is 14.8. The van der Waals surface area contributed by atoms with E-state index in [1.807, 2.05) is 18.2 Å². The van der Waals surface area contributed by atoms with Crippen LogP contribution in [0, 0.1) is 0 Å². The van der Waals surface area contributed by atoms with Crippen LogP contribution in [0.5, 0.6) is 5.75 Å². The van der Waals surface area contributed by atoms with Gasteiger partial charge < -0.3 is 14.6 Å². The lowest BCUT2D eigenvalue weighted by molar-refractivity contribution is 0.0144. The molecule has 8 nitrogen and oxygen atoms in total. The lowest BCUT2D eigenvalue weighted by atomic mass is 10.00. The van der Waals surface area contributed by atoms with Gasteiger partial charge in [-0.15, -0.1) is 0 Å². The number of phenols is 1. The Morgan fingerprint density at radius 1 is 1.15 bits per heavy atom. The number of imidazole rings is 1.